The zero-order valence-corrected chi connectivity index (χ0v) is 12.9. The molecule has 1 aliphatic rings. The van der Waals surface area contributed by atoms with Crippen molar-refractivity contribution in [3.63, 3.8) is 0 Å². The number of nitrogens with two attached hydrogens (primary N) is 1. The lowest BCUT2D eigenvalue weighted by Gasteiger charge is -2.38. The topological polar surface area (TPSA) is 75.4 Å². The molecule has 5 nitrogen and oxygen atoms in total. The first kappa shape index (κ1) is 15.4. The molecule has 2 atom stereocenters. The summed E-state index contributed by atoms with van der Waals surface area (Å²) in [6, 6.07) is 7.28. The summed E-state index contributed by atoms with van der Waals surface area (Å²) < 4.78 is 25.1. The van der Waals surface area contributed by atoms with E-state index in [9.17, 15) is 8.42 Å². The standard InChI is InChI=1S/C14H23N3O2S/c1-11-6-5-7-12(2)17(11)16-20(18,19)14-9-4-3-8-13(14)10-15/h3-4,8-9,11-12,16H,5-7,10,15H2,1-2H3. The van der Waals surface area contributed by atoms with E-state index in [1.165, 1.54) is 0 Å². The van der Waals surface area contributed by atoms with Gasteiger partial charge >= 0.3 is 0 Å². The number of hydrogen-bond donors (Lipinski definition) is 2. The Morgan fingerprint density at radius 2 is 1.85 bits per heavy atom. The number of piperidine rings is 1. The van der Waals surface area contributed by atoms with E-state index in [2.05, 4.69) is 4.83 Å². The lowest BCUT2D eigenvalue weighted by molar-refractivity contribution is 0.0790. The molecular weight excluding hydrogens is 274 g/mol. The first-order chi connectivity index (χ1) is 9.45. The summed E-state index contributed by atoms with van der Waals surface area (Å²) in [5.41, 5.74) is 6.27. The van der Waals surface area contributed by atoms with Gasteiger partial charge in [0.15, 0.2) is 0 Å². The van der Waals surface area contributed by atoms with E-state index < -0.39 is 10.0 Å². The highest BCUT2D eigenvalue weighted by Gasteiger charge is 2.29. The molecule has 6 heteroatoms. The summed E-state index contributed by atoms with van der Waals surface area (Å²) in [6.45, 7) is 4.31. The van der Waals surface area contributed by atoms with Crippen LogP contribution in [-0.2, 0) is 16.6 Å². The minimum atomic E-state index is -3.57. The summed E-state index contributed by atoms with van der Waals surface area (Å²) in [4.78, 5) is 3.01. The molecule has 20 heavy (non-hydrogen) atoms. The molecule has 0 spiro atoms. The molecule has 112 valence electrons. The van der Waals surface area contributed by atoms with Gasteiger partial charge in [0.05, 0.1) is 4.90 Å². The molecule has 1 fully saturated rings. The van der Waals surface area contributed by atoms with Gasteiger partial charge in [-0.25, -0.2) is 13.4 Å². The molecule has 1 aromatic rings. The van der Waals surface area contributed by atoms with Gasteiger partial charge in [0.25, 0.3) is 10.0 Å². The molecule has 0 saturated carbocycles. The highest BCUT2D eigenvalue weighted by atomic mass is 32.2. The summed E-state index contributed by atoms with van der Waals surface area (Å²) in [6.07, 6.45) is 3.15. The van der Waals surface area contributed by atoms with E-state index in [-0.39, 0.29) is 23.5 Å². The maximum absolute atomic E-state index is 12.6. The quantitative estimate of drug-likeness (QED) is 0.885. The van der Waals surface area contributed by atoms with Crippen LogP contribution in [0.1, 0.15) is 38.7 Å². The minimum Gasteiger partial charge on any atom is -0.326 e. The Morgan fingerprint density at radius 1 is 1.25 bits per heavy atom. The van der Waals surface area contributed by atoms with Crippen molar-refractivity contribution in [3.05, 3.63) is 29.8 Å². The number of rotatable bonds is 4. The van der Waals surface area contributed by atoms with Gasteiger partial charge in [-0.15, -0.1) is 4.83 Å². The van der Waals surface area contributed by atoms with Crippen LogP contribution in [0.15, 0.2) is 29.2 Å². The summed E-state index contributed by atoms with van der Waals surface area (Å²) >= 11 is 0. The van der Waals surface area contributed by atoms with Crippen molar-refractivity contribution in [2.75, 3.05) is 0 Å². The van der Waals surface area contributed by atoms with Crippen LogP contribution < -0.4 is 10.6 Å². The number of hydrazine groups is 1. The van der Waals surface area contributed by atoms with E-state index in [0.717, 1.165) is 19.3 Å². The molecule has 0 aliphatic carbocycles. The first-order valence-electron chi connectivity index (χ1n) is 7.04. The van der Waals surface area contributed by atoms with Crippen LogP contribution in [0.2, 0.25) is 0 Å². The predicted octanol–water partition coefficient (Wildman–Crippen LogP) is 1.60. The fourth-order valence-corrected chi connectivity index (χ4v) is 4.21. The minimum absolute atomic E-state index is 0.207. The Kier molecular flexibility index (Phi) is 4.80. The first-order valence-corrected chi connectivity index (χ1v) is 8.53. The Hall–Kier alpha value is -0.950. The maximum Gasteiger partial charge on any atom is 0.253 e. The Morgan fingerprint density at radius 3 is 2.45 bits per heavy atom. The zero-order chi connectivity index (χ0) is 14.8. The van der Waals surface area contributed by atoms with Crippen molar-refractivity contribution in [1.82, 2.24) is 9.84 Å². The molecule has 2 unspecified atom stereocenters. The average molecular weight is 297 g/mol. The van der Waals surface area contributed by atoms with Crippen molar-refractivity contribution >= 4 is 10.0 Å². The van der Waals surface area contributed by atoms with E-state index in [1.807, 2.05) is 18.9 Å². The third-order valence-electron chi connectivity index (χ3n) is 3.90. The maximum atomic E-state index is 12.6. The monoisotopic (exact) mass is 297 g/mol. The van der Waals surface area contributed by atoms with Gasteiger partial charge in [0.2, 0.25) is 0 Å². The van der Waals surface area contributed by atoms with Gasteiger partial charge in [0, 0.05) is 18.6 Å². The van der Waals surface area contributed by atoms with Crippen LogP contribution >= 0.6 is 0 Å². The fraction of sp³-hybridized carbons (Fsp3) is 0.571. The SMILES string of the molecule is CC1CCCC(C)N1NS(=O)(=O)c1ccccc1CN. The summed E-state index contributed by atoms with van der Waals surface area (Å²) in [5.74, 6) is 0. The Balaban J connectivity index is 2.26. The largest absolute Gasteiger partial charge is 0.326 e. The van der Waals surface area contributed by atoms with Gasteiger partial charge in [-0.1, -0.05) is 24.6 Å². The second-order valence-corrected chi connectivity index (χ2v) is 7.07. The molecular formula is C14H23N3O2S. The Labute approximate surface area is 121 Å². The van der Waals surface area contributed by atoms with Crippen LogP contribution in [0.4, 0.5) is 0 Å². The molecule has 0 bridgehead atoms. The third kappa shape index (κ3) is 3.20. The third-order valence-corrected chi connectivity index (χ3v) is 5.33. The van der Waals surface area contributed by atoms with E-state index in [0.29, 0.717) is 5.56 Å². The van der Waals surface area contributed by atoms with Gasteiger partial charge < -0.3 is 5.73 Å². The molecule has 1 aromatic carbocycles. The molecule has 0 aromatic heterocycles. The lowest BCUT2D eigenvalue weighted by atomic mass is 10.0. The van der Waals surface area contributed by atoms with Crippen molar-refractivity contribution in [2.45, 2.75) is 56.6 Å². The number of benzene rings is 1. The zero-order valence-electron chi connectivity index (χ0n) is 12.0. The van der Waals surface area contributed by atoms with Gasteiger partial charge in [-0.05, 0) is 38.3 Å². The highest BCUT2D eigenvalue weighted by Crippen LogP contribution is 2.23. The van der Waals surface area contributed by atoms with Crippen molar-refractivity contribution in [1.29, 1.82) is 0 Å². The van der Waals surface area contributed by atoms with Crippen molar-refractivity contribution in [3.8, 4) is 0 Å². The van der Waals surface area contributed by atoms with Crippen LogP contribution in [-0.4, -0.2) is 25.5 Å². The number of sulfonamides is 1. The van der Waals surface area contributed by atoms with E-state index in [1.54, 1.807) is 24.3 Å². The number of nitrogens with one attached hydrogen (secondary N) is 1. The smallest absolute Gasteiger partial charge is 0.253 e. The molecule has 0 amide bonds. The Bertz CT molecular complexity index is 549. The van der Waals surface area contributed by atoms with Gasteiger partial charge in [-0.2, -0.15) is 0 Å². The van der Waals surface area contributed by atoms with Crippen LogP contribution in [0.3, 0.4) is 0 Å². The van der Waals surface area contributed by atoms with Crippen LogP contribution in [0.25, 0.3) is 0 Å². The van der Waals surface area contributed by atoms with Crippen LogP contribution in [0, 0.1) is 0 Å². The van der Waals surface area contributed by atoms with E-state index >= 15 is 0 Å². The predicted molar refractivity (Wildman–Crippen MR) is 79.3 cm³/mol. The van der Waals surface area contributed by atoms with Gasteiger partial charge in [-0.3, -0.25) is 0 Å². The summed E-state index contributed by atoms with van der Waals surface area (Å²) in [5, 5.41) is 1.85. The van der Waals surface area contributed by atoms with E-state index in [4.69, 9.17) is 5.73 Å². The second-order valence-electron chi connectivity index (χ2n) is 5.44. The fourth-order valence-electron chi connectivity index (χ4n) is 2.72. The molecule has 1 heterocycles. The molecule has 1 saturated heterocycles. The normalized spacial score (nSPS) is 24.8. The molecule has 1 aliphatic heterocycles. The second kappa shape index (κ2) is 6.22. The molecule has 2 rings (SSSR count). The lowest BCUT2D eigenvalue weighted by Crippen LogP contribution is -2.54. The molecule has 3 N–H and O–H groups in total. The van der Waals surface area contributed by atoms with Crippen molar-refractivity contribution in [2.24, 2.45) is 5.73 Å². The highest BCUT2D eigenvalue weighted by molar-refractivity contribution is 7.89. The van der Waals surface area contributed by atoms with Crippen LogP contribution in [0.5, 0.6) is 0 Å². The summed E-state index contributed by atoms with van der Waals surface area (Å²) in [7, 11) is -3.57. The van der Waals surface area contributed by atoms with Gasteiger partial charge in [0.1, 0.15) is 0 Å². The molecule has 0 radical (unpaired) electrons. The average Bonchev–Trinajstić information content (AvgIpc) is 2.43. The number of hydrogen-bond acceptors (Lipinski definition) is 4. The van der Waals surface area contributed by atoms with Crippen molar-refractivity contribution < 1.29 is 8.42 Å². The number of nitrogens with zero attached hydrogens (tertiary/aromatic N) is 1.